The first kappa shape index (κ1) is 14.8. The van der Waals surface area contributed by atoms with E-state index in [-0.39, 0.29) is 17.7 Å². The van der Waals surface area contributed by atoms with Gasteiger partial charge in [0.25, 0.3) is 5.91 Å². The molecule has 0 spiro atoms. The first-order valence-corrected chi connectivity index (χ1v) is 7.30. The average Bonchev–Trinajstić information content (AvgIpc) is 2.58. The zero-order chi connectivity index (χ0) is 14.7. The minimum atomic E-state index is 0.00116. The lowest BCUT2D eigenvalue weighted by molar-refractivity contribution is -0.118. The molecule has 1 atom stereocenters. The second-order valence-electron chi connectivity index (χ2n) is 5.70. The van der Waals surface area contributed by atoms with Crippen LogP contribution < -0.4 is 0 Å². The van der Waals surface area contributed by atoms with E-state index in [9.17, 15) is 9.59 Å². The fourth-order valence-corrected chi connectivity index (χ4v) is 2.95. The Kier molecular flexibility index (Phi) is 4.57. The molecule has 0 radical (unpaired) electrons. The molecular weight excluding hydrogens is 254 g/mol. The number of aryl methyl sites for hydroxylation is 2. The molecule has 1 aromatic rings. The second kappa shape index (κ2) is 6.20. The van der Waals surface area contributed by atoms with Gasteiger partial charge in [-0.3, -0.25) is 14.3 Å². The van der Waals surface area contributed by atoms with Gasteiger partial charge in [-0.25, -0.2) is 0 Å². The van der Waals surface area contributed by atoms with Crippen LogP contribution in [0.1, 0.15) is 55.2 Å². The Bertz CT molecular complexity index is 507. The highest BCUT2D eigenvalue weighted by molar-refractivity contribution is 5.93. The highest BCUT2D eigenvalue weighted by Gasteiger charge is 2.28. The summed E-state index contributed by atoms with van der Waals surface area (Å²) in [6.07, 6.45) is 4.61. The normalized spacial score (nSPS) is 19.8. The number of hydrogen-bond acceptors (Lipinski definition) is 3. The van der Waals surface area contributed by atoms with Crippen LogP contribution in [-0.4, -0.2) is 39.0 Å². The zero-order valence-corrected chi connectivity index (χ0v) is 12.6. The number of amides is 1. The van der Waals surface area contributed by atoms with Gasteiger partial charge < -0.3 is 4.90 Å². The van der Waals surface area contributed by atoms with Crippen LogP contribution in [-0.2, 0) is 11.8 Å². The molecule has 0 saturated carbocycles. The van der Waals surface area contributed by atoms with Crippen molar-refractivity contribution < 1.29 is 9.59 Å². The molecule has 1 aliphatic rings. The predicted molar refractivity (Wildman–Crippen MR) is 76.5 cm³/mol. The lowest BCUT2D eigenvalue weighted by Gasteiger charge is -2.29. The van der Waals surface area contributed by atoms with Crippen molar-refractivity contribution in [2.45, 2.75) is 52.0 Å². The molecule has 1 amide bonds. The molecular formula is C15H23N3O2. The van der Waals surface area contributed by atoms with Crippen LogP contribution in [0.3, 0.4) is 0 Å². The minimum absolute atomic E-state index is 0.00116. The molecule has 2 heterocycles. The molecule has 5 nitrogen and oxygen atoms in total. The highest BCUT2D eigenvalue weighted by Crippen LogP contribution is 2.22. The minimum Gasteiger partial charge on any atom is -0.334 e. The third-order valence-corrected chi connectivity index (χ3v) is 3.88. The van der Waals surface area contributed by atoms with Gasteiger partial charge in [0.05, 0.1) is 5.69 Å². The Hall–Kier alpha value is -1.65. The van der Waals surface area contributed by atoms with Crippen molar-refractivity contribution in [2.24, 2.45) is 7.05 Å². The summed E-state index contributed by atoms with van der Waals surface area (Å²) >= 11 is 0. The second-order valence-corrected chi connectivity index (χ2v) is 5.70. The molecule has 0 aliphatic carbocycles. The zero-order valence-electron chi connectivity index (χ0n) is 12.6. The Labute approximate surface area is 119 Å². The molecule has 1 aliphatic heterocycles. The number of likely N-dealkylation sites (tertiary alicyclic amines) is 1. The summed E-state index contributed by atoms with van der Waals surface area (Å²) in [5.41, 5.74) is 1.45. The van der Waals surface area contributed by atoms with Gasteiger partial charge in [-0.15, -0.1) is 0 Å². The molecule has 5 heteroatoms. The summed E-state index contributed by atoms with van der Waals surface area (Å²) in [6.45, 7) is 4.22. The summed E-state index contributed by atoms with van der Waals surface area (Å²) < 4.78 is 1.63. The standard InChI is InChI=1S/C15H23N3O2/c1-11-9-14(17(3)16-11)15(20)18-8-6-4-5-7-13(18)10-12(2)19/h9,13H,4-8,10H2,1-3H3. The third-order valence-electron chi connectivity index (χ3n) is 3.88. The van der Waals surface area contributed by atoms with Crippen LogP contribution in [0, 0.1) is 6.92 Å². The monoisotopic (exact) mass is 277 g/mol. The quantitative estimate of drug-likeness (QED) is 0.850. The van der Waals surface area contributed by atoms with Crippen LogP contribution in [0.5, 0.6) is 0 Å². The van der Waals surface area contributed by atoms with Gasteiger partial charge in [0.2, 0.25) is 0 Å². The van der Waals surface area contributed by atoms with E-state index >= 15 is 0 Å². The largest absolute Gasteiger partial charge is 0.334 e. The molecule has 20 heavy (non-hydrogen) atoms. The number of rotatable bonds is 3. The van der Waals surface area contributed by atoms with Gasteiger partial charge in [0, 0.05) is 26.1 Å². The van der Waals surface area contributed by atoms with Crippen molar-refractivity contribution in [3.05, 3.63) is 17.5 Å². The molecule has 0 bridgehead atoms. The van der Waals surface area contributed by atoms with Crippen LogP contribution >= 0.6 is 0 Å². The van der Waals surface area contributed by atoms with E-state index in [4.69, 9.17) is 0 Å². The van der Waals surface area contributed by atoms with Crippen molar-refractivity contribution in [1.82, 2.24) is 14.7 Å². The smallest absolute Gasteiger partial charge is 0.272 e. The molecule has 1 fully saturated rings. The van der Waals surface area contributed by atoms with Crippen molar-refractivity contribution in [3.63, 3.8) is 0 Å². The van der Waals surface area contributed by atoms with Crippen molar-refractivity contribution in [3.8, 4) is 0 Å². The fourth-order valence-electron chi connectivity index (χ4n) is 2.95. The fraction of sp³-hybridized carbons (Fsp3) is 0.667. The topological polar surface area (TPSA) is 55.2 Å². The number of carbonyl (C=O) groups is 2. The molecule has 1 unspecified atom stereocenters. The predicted octanol–water partition coefficient (Wildman–Crippen LogP) is 2.09. The van der Waals surface area contributed by atoms with E-state index in [1.54, 1.807) is 18.7 Å². The number of ketones is 1. The number of Topliss-reactive ketones (excluding diaryl/α,β-unsaturated/α-hetero) is 1. The van der Waals surface area contributed by atoms with Crippen LogP contribution in [0.15, 0.2) is 6.07 Å². The first-order chi connectivity index (χ1) is 9.49. The summed E-state index contributed by atoms with van der Waals surface area (Å²) in [4.78, 5) is 26.1. The van der Waals surface area contributed by atoms with Crippen LogP contribution in [0.4, 0.5) is 0 Å². The SMILES string of the molecule is CC(=O)CC1CCCCCN1C(=O)c1cc(C)nn1C. The molecule has 1 aromatic heterocycles. The lowest BCUT2D eigenvalue weighted by atomic mass is 10.0. The van der Waals surface area contributed by atoms with E-state index in [1.165, 1.54) is 0 Å². The van der Waals surface area contributed by atoms with Gasteiger partial charge in [-0.1, -0.05) is 12.8 Å². The van der Waals surface area contributed by atoms with Gasteiger partial charge in [0.15, 0.2) is 0 Å². The first-order valence-electron chi connectivity index (χ1n) is 7.30. The number of carbonyl (C=O) groups excluding carboxylic acids is 2. The third kappa shape index (κ3) is 3.26. The summed E-state index contributed by atoms with van der Waals surface area (Å²) in [7, 11) is 1.79. The van der Waals surface area contributed by atoms with E-state index in [1.807, 2.05) is 17.9 Å². The molecule has 0 N–H and O–H groups in total. The van der Waals surface area contributed by atoms with Crippen molar-refractivity contribution >= 4 is 11.7 Å². The van der Waals surface area contributed by atoms with Crippen LogP contribution in [0.2, 0.25) is 0 Å². The highest BCUT2D eigenvalue weighted by atomic mass is 16.2. The van der Waals surface area contributed by atoms with E-state index in [0.29, 0.717) is 12.1 Å². The van der Waals surface area contributed by atoms with Crippen molar-refractivity contribution in [2.75, 3.05) is 6.54 Å². The molecule has 110 valence electrons. The Balaban J connectivity index is 2.23. The average molecular weight is 277 g/mol. The van der Waals surface area contributed by atoms with Gasteiger partial charge in [-0.2, -0.15) is 5.10 Å². The van der Waals surface area contributed by atoms with Crippen molar-refractivity contribution in [1.29, 1.82) is 0 Å². The van der Waals surface area contributed by atoms with Crippen LogP contribution in [0.25, 0.3) is 0 Å². The van der Waals surface area contributed by atoms with E-state index in [0.717, 1.165) is 37.9 Å². The summed E-state index contributed by atoms with van der Waals surface area (Å²) in [5.74, 6) is 0.150. The Morgan fingerprint density at radius 3 is 2.70 bits per heavy atom. The van der Waals surface area contributed by atoms with E-state index < -0.39 is 0 Å². The summed E-state index contributed by atoms with van der Waals surface area (Å²) in [5, 5.41) is 4.24. The molecule has 2 rings (SSSR count). The van der Waals surface area contributed by atoms with E-state index in [2.05, 4.69) is 5.10 Å². The number of aromatic nitrogens is 2. The maximum atomic E-state index is 12.7. The van der Waals surface area contributed by atoms with Gasteiger partial charge in [-0.05, 0) is 32.8 Å². The maximum Gasteiger partial charge on any atom is 0.272 e. The van der Waals surface area contributed by atoms with Gasteiger partial charge >= 0.3 is 0 Å². The number of nitrogens with zero attached hydrogens (tertiary/aromatic N) is 3. The lowest BCUT2D eigenvalue weighted by Crippen LogP contribution is -2.41. The summed E-state index contributed by atoms with van der Waals surface area (Å²) in [6, 6.07) is 1.86. The Morgan fingerprint density at radius 2 is 2.10 bits per heavy atom. The molecule has 1 saturated heterocycles. The Morgan fingerprint density at radius 1 is 1.35 bits per heavy atom. The molecule has 0 aromatic carbocycles. The number of hydrogen-bond donors (Lipinski definition) is 0. The maximum absolute atomic E-state index is 12.7. The van der Waals surface area contributed by atoms with Gasteiger partial charge in [0.1, 0.15) is 11.5 Å².